The third-order valence-corrected chi connectivity index (χ3v) is 4.51. The van der Waals surface area contributed by atoms with E-state index in [4.69, 9.17) is 0 Å². The molecule has 0 radical (unpaired) electrons. The minimum atomic E-state index is -0.0763. The summed E-state index contributed by atoms with van der Waals surface area (Å²) in [7, 11) is 0. The number of rotatable bonds is 5. The van der Waals surface area contributed by atoms with Gasteiger partial charge in [0, 0.05) is 24.9 Å². The maximum absolute atomic E-state index is 12.1. The Hall–Kier alpha value is -0.900. The Balaban J connectivity index is 1.69. The van der Waals surface area contributed by atoms with Gasteiger partial charge in [-0.3, -0.25) is 4.79 Å². The highest BCUT2D eigenvalue weighted by Crippen LogP contribution is 2.28. The van der Waals surface area contributed by atoms with Gasteiger partial charge in [0.25, 0.3) is 0 Å². The minimum Gasteiger partial charge on any atom is -0.355 e. The molecular weight excluding hydrogens is 240 g/mol. The fraction of sp³-hybridized carbons (Fsp3) is 0.867. The van der Waals surface area contributed by atoms with Gasteiger partial charge in [0.15, 0.2) is 0 Å². The fourth-order valence-electron chi connectivity index (χ4n) is 3.30. The van der Waals surface area contributed by atoms with Crippen molar-refractivity contribution >= 4 is 12.2 Å². The Morgan fingerprint density at radius 1 is 1.11 bits per heavy atom. The van der Waals surface area contributed by atoms with Crippen LogP contribution in [-0.4, -0.2) is 43.3 Å². The Morgan fingerprint density at radius 2 is 1.84 bits per heavy atom. The van der Waals surface area contributed by atoms with E-state index >= 15 is 0 Å². The lowest BCUT2D eigenvalue weighted by molar-refractivity contribution is -0.131. The average molecular weight is 266 g/mol. The van der Waals surface area contributed by atoms with E-state index in [9.17, 15) is 9.59 Å². The first-order chi connectivity index (χ1) is 9.31. The van der Waals surface area contributed by atoms with Crippen molar-refractivity contribution in [2.75, 3.05) is 26.2 Å². The molecule has 0 bridgehead atoms. The van der Waals surface area contributed by atoms with Gasteiger partial charge in [0.1, 0.15) is 6.29 Å². The highest BCUT2D eigenvalue weighted by molar-refractivity contribution is 5.82. The number of carbonyl (C=O) groups excluding carboxylic acids is 2. The monoisotopic (exact) mass is 266 g/mol. The lowest BCUT2D eigenvalue weighted by Gasteiger charge is -2.28. The van der Waals surface area contributed by atoms with Gasteiger partial charge in [-0.2, -0.15) is 0 Å². The van der Waals surface area contributed by atoms with Crippen LogP contribution in [0.5, 0.6) is 0 Å². The molecule has 19 heavy (non-hydrogen) atoms. The zero-order valence-corrected chi connectivity index (χ0v) is 11.8. The van der Waals surface area contributed by atoms with Crippen molar-refractivity contribution in [2.24, 2.45) is 11.8 Å². The van der Waals surface area contributed by atoms with Crippen molar-refractivity contribution in [3.8, 4) is 0 Å². The second-order valence-electron chi connectivity index (χ2n) is 5.88. The predicted molar refractivity (Wildman–Crippen MR) is 74.8 cm³/mol. The Bertz CT molecular complexity index is 301. The lowest BCUT2D eigenvalue weighted by atomic mass is 9.79. The van der Waals surface area contributed by atoms with Crippen molar-refractivity contribution in [1.29, 1.82) is 0 Å². The summed E-state index contributed by atoms with van der Waals surface area (Å²) in [5.74, 6) is -0.0369. The van der Waals surface area contributed by atoms with Crippen LogP contribution in [0.15, 0.2) is 0 Å². The normalized spacial score (nSPS) is 28.8. The van der Waals surface area contributed by atoms with E-state index in [1.807, 2.05) is 0 Å². The summed E-state index contributed by atoms with van der Waals surface area (Å²) in [6.07, 6.45) is 8.80. The molecule has 1 saturated carbocycles. The number of nitrogens with one attached hydrogen (secondary N) is 1. The molecule has 108 valence electrons. The van der Waals surface area contributed by atoms with Crippen LogP contribution in [0.3, 0.4) is 0 Å². The third kappa shape index (κ3) is 4.30. The van der Waals surface area contributed by atoms with E-state index in [1.54, 1.807) is 0 Å². The molecule has 0 aromatic carbocycles. The molecule has 1 saturated heterocycles. The smallest absolute Gasteiger partial charge is 0.223 e. The van der Waals surface area contributed by atoms with Crippen molar-refractivity contribution in [3.63, 3.8) is 0 Å². The average Bonchev–Trinajstić information content (AvgIpc) is 2.48. The number of aldehydes is 1. The maximum atomic E-state index is 12.1. The number of likely N-dealkylation sites (tertiary alicyclic amines) is 1. The maximum Gasteiger partial charge on any atom is 0.223 e. The molecule has 1 amide bonds. The van der Waals surface area contributed by atoms with E-state index in [0.29, 0.717) is 0 Å². The molecule has 0 aromatic rings. The summed E-state index contributed by atoms with van der Waals surface area (Å²) in [6, 6.07) is 0. The van der Waals surface area contributed by atoms with Crippen LogP contribution in [0, 0.1) is 11.8 Å². The Kier molecular flexibility index (Phi) is 5.83. The van der Waals surface area contributed by atoms with Crippen LogP contribution in [0.25, 0.3) is 0 Å². The van der Waals surface area contributed by atoms with E-state index < -0.39 is 0 Å². The van der Waals surface area contributed by atoms with Gasteiger partial charge >= 0.3 is 0 Å². The highest BCUT2D eigenvalue weighted by Gasteiger charge is 2.30. The summed E-state index contributed by atoms with van der Waals surface area (Å²) in [5, 5.41) is 3.02. The largest absolute Gasteiger partial charge is 0.355 e. The molecule has 2 atom stereocenters. The first kappa shape index (κ1) is 14.5. The van der Waals surface area contributed by atoms with Crippen molar-refractivity contribution in [1.82, 2.24) is 10.2 Å². The first-order valence-electron chi connectivity index (χ1n) is 7.76. The molecule has 1 aliphatic carbocycles. The van der Waals surface area contributed by atoms with Gasteiger partial charge in [0.05, 0.1) is 0 Å². The fourth-order valence-corrected chi connectivity index (χ4v) is 3.30. The van der Waals surface area contributed by atoms with Crippen molar-refractivity contribution < 1.29 is 9.59 Å². The molecule has 2 fully saturated rings. The van der Waals surface area contributed by atoms with Crippen LogP contribution in [0.1, 0.15) is 44.9 Å². The summed E-state index contributed by atoms with van der Waals surface area (Å²) < 4.78 is 0. The van der Waals surface area contributed by atoms with E-state index in [1.165, 1.54) is 19.3 Å². The van der Waals surface area contributed by atoms with E-state index in [2.05, 4.69) is 10.2 Å². The van der Waals surface area contributed by atoms with E-state index in [-0.39, 0.29) is 17.7 Å². The van der Waals surface area contributed by atoms with Gasteiger partial charge in [-0.1, -0.05) is 19.3 Å². The number of hydrogen-bond acceptors (Lipinski definition) is 3. The number of nitrogens with zero attached hydrogens (tertiary/aromatic N) is 1. The number of carbonyl (C=O) groups is 2. The molecule has 1 N–H and O–H groups in total. The predicted octanol–water partition coefficient (Wildman–Crippen LogP) is 1.59. The van der Waals surface area contributed by atoms with Gasteiger partial charge in [-0.05, 0) is 38.8 Å². The minimum absolute atomic E-state index is 0.0521. The van der Waals surface area contributed by atoms with Gasteiger partial charge in [-0.25, -0.2) is 0 Å². The second kappa shape index (κ2) is 7.63. The highest BCUT2D eigenvalue weighted by atomic mass is 16.2. The van der Waals surface area contributed by atoms with Gasteiger partial charge < -0.3 is 15.0 Å². The van der Waals surface area contributed by atoms with Crippen molar-refractivity contribution in [3.05, 3.63) is 0 Å². The number of piperidine rings is 1. The van der Waals surface area contributed by atoms with Crippen LogP contribution in [0.4, 0.5) is 0 Å². The molecule has 0 spiro atoms. The Labute approximate surface area is 115 Å². The summed E-state index contributed by atoms with van der Waals surface area (Å²) in [6.45, 7) is 4.00. The topological polar surface area (TPSA) is 49.4 Å². The first-order valence-corrected chi connectivity index (χ1v) is 7.76. The van der Waals surface area contributed by atoms with Crippen LogP contribution >= 0.6 is 0 Å². The van der Waals surface area contributed by atoms with Crippen LogP contribution in [-0.2, 0) is 9.59 Å². The van der Waals surface area contributed by atoms with Crippen LogP contribution in [0.2, 0.25) is 0 Å². The molecule has 0 aromatic heterocycles. The standard InChI is InChI=1S/C15H26N2O2/c18-12-13-6-2-3-7-14(13)15(19)16-8-11-17-9-4-1-5-10-17/h12-14H,1-11H2,(H,16,19). The number of amides is 1. The van der Waals surface area contributed by atoms with Crippen molar-refractivity contribution in [2.45, 2.75) is 44.9 Å². The number of hydrogen-bond donors (Lipinski definition) is 1. The molecule has 4 heteroatoms. The molecule has 2 unspecified atom stereocenters. The molecule has 1 aliphatic heterocycles. The van der Waals surface area contributed by atoms with Gasteiger partial charge in [0.2, 0.25) is 5.91 Å². The molecule has 4 nitrogen and oxygen atoms in total. The Morgan fingerprint density at radius 3 is 2.58 bits per heavy atom. The van der Waals surface area contributed by atoms with Gasteiger partial charge in [-0.15, -0.1) is 0 Å². The third-order valence-electron chi connectivity index (χ3n) is 4.51. The molecule has 2 rings (SSSR count). The van der Waals surface area contributed by atoms with Crippen LogP contribution < -0.4 is 5.32 Å². The SMILES string of the molecule is O=CC1CCCCC1C(=O)NCCN1CCCCC1. The second-order valence-corrected chi connectivity index (χ2v) is 5.88. The van der Waals surface area contributed by atoms with E-state index in [0.717, 1.165) is 58.1 Å². The summed E-state index contributed by atoms with van der Waals surface area (Å²) >= 11 is 0. The summed E-state index contributed by atoms with van der Waals surface area (Å²) in [5.41, 5.74) is 0. The zero-order chi connectivity index (χ0) is 13.5. The molecule has 1 heterocycles. The quantitative estimate of drug-likeness (QED) is 0.769. The molecule has 2 aliphatic rings. The summed E-state index contributed by atoms with van der Waals surface area (Å²) in [4.78, 5) is 25.5. The zero-order valence-electron chi connectivity index (χ0n) is 11.8. The molecular formula is C15H26N2O2. The lowest BCUT2D eigenvalue weighted by Crippen LogP contribution is -2.42.